The first kappa shape index (κ1) is 17.9. The smallest absolute Gasteiger partial charge is 0.0717 e. The van der Waals surface area contributed by atoms with Crippen molar-refractivity contribution in [2.75, 3.05) is 24.0 Å². The Kier molecular flexibility index (Phi) is 7.35. The number of thioether (sulfide) groups is 8. The van der Waals surface area contributed by atoms with E-state index >= 15 is 0 Å². The van der Waals surface area contributed by atoms with Gasteiger partial charge in [0, 0.05) is 0 Å². The Labute approximate surface area is 165 Å². The summed E-state index contributed by atoms with van der Waals surface area (Å²) in [5.74, 6) is 13.9. The van der Waals surface area contributed by atoms with Crippen LogP contribution < -0.4 is 0 Å². The fourth-order valence-corrected chi connectivity index (χ4v) is 12.1. The van der Waals surface area contributed by atoms with Crippen LogP contribution in [-0.2, 0) is 0 Å². The van der Waals surface area contributed by atoms with E-state index in [2.05, 4.69) is 36.2 Å². The molecule has 3 heterocycles. The van der Waals surface area contributed by atoms with E-state index in [1.807, 2.05) is 94.1 Å². The topological polar surface area (TPSA) is 0 Å². The van der Waals surface area contributed by atoms with Gasteiger partial charge in [0.1, 0.15) is 0 Å². The number of fused-ring (bicyclic) bond motifs is 4. The zero-order valence-electron chi connectivity index (χ0n) is 11.7. The molecule has 3 rings (SSSR count). The van der Waals surface area contributed by atoms with Crippen LogP contribution in [0, 0.1) is 23.7 Å². The molecule has 22 heavy (non-hydrogen) atoms. The highest BCUT2D eigenvalue weighted by molar-refractivity contribution is 8.45. The molecule has 4 bridgehead atoms. The molecule has 0 spiro atoms. The van der Waals surface area contributed by atoms with Crippen LogP contribution in [0.4, 0.5) is 0 Å². The summed E-state index contributed by atoms with van der Waals surface area (Å²) in [6.07, 6.45) is 4.31. The van der Waals surface area contributed by atoms with Crippen LogP contribution in [0.25, 0.3) is 0 Å². The molecular formula is C14H10S8. The molecular weight excluding hydrogens is 425 g/mol. The summed E-state index contributed by atoms with van der Waals surface area (Å²) in [7, 11) is 0. The van der Waals surface area contributed by atoms with Gasteiger partial charge in [0.25, 0.3) is 0 Å². The Bertz CT molecular complexity index is 632. The average Bonchev–Trinajstić information content (AvgIpc) is 3.12. The minimum absolute atomic E-state index is 0.817. The van der Waals surface area contributed by atoms with Gasteiger partial charge in [-0.15, -0.1) is 47.0 Å². The van der Waals surface area contributed by atoms with Crippen molar-refractivity contribution in [1.29, 1.82) is 0 Å². The standard InChI is InChI=1S/C14H10S8/c1-15-9-11-17-7-5-3-4-6-8-18-12-10(16-2)20-14(22-12)13(19-9)21-11/h7-8H2,1-2H3/b14-13+. The lowest BCUT2D eigenvalue weighted by Gasteiger charge is -2.02. The first-order valence-electron chi connectivity index (χ1n) is 6.05. The predicted molar refractivity (Wildman–Crippen MR) is 119 cm³/mol. The Balaban J connectivity index is 1.90. The maximum absolute atomic E-state index is 3.15. The molecule has 0 aromatic rings. The average molecular weight is 435 g/mol. The molecule has 0 saturated heterocycles. The van der Waals surface area contributed by atoms with E-state index in [0.29, 0.717) is 0 Å². The van der Waals surface area contributed by atoms with Crippen molar-refractivity contribution in [2.24, 2.45) is 0 Å². The maximum atomic E-state index is 3.15. The van der Waals surface area contributed by atoms with Crippen molar-refractivity contribution in [3.8, 4) is 23.7 Å². The second-order valence-electron chi connectivity index (χ2n) is 3.72. The van der Waals surface area contributed by atoms with Gasteiger partial charge in [-0.3, -0.25) is 0 Å². The monoisotopic (exact) mass is 434 g/mol. The van der Waals surface area contributed by atoms with E-state index in [-0.39, 0.29) is 0 Å². The van der Waals surface area contributed by atoms with Crippen molar-refractivity contribution < 1.29 is 0 Å². The van der Waals surface area contributed by atoms with Gasteiger partial charge in [-0.2, -0.15) is 0 Å². The Hall–Kier alpha value is 1.14. The van der Waals surface area contributed by atoms with Crippen molar-refractivity contribution in [3.63, 3.8) is 0 Å². The summed E-state index contributed by atoms with van der Waals surface area (Å²) < 4.78 is 8.47. The van der Waals surface area contributed by atoms with Gasteiger partial charge in [0.05, 0.1) is 36.9 Å². The summed E-state index contributed by atoms with van der Waals surface area (Å²) in [4.78, 5) is 0. The number of rotatable bonds is 2. The lowest BCUT2D eigenvalue weighted by molar-refractivity contribution is 1.92. The van der Waals surface area contributed by atoms with E-state index in [0.717, 1.165) is 11.5 Å². The number of hydrogen-bond acceptors (Lipinski definition) is 8. The fourth-order valence-electron chi connectivity index (χ4n) is 1.50. The van der Waals surface area contributed by atoms with Crippen LogP contribution in [0.5, 0.6) is 0 Å². The Morgan fingerprint density at radius 1 is 0.682 bits per heavy atom. The van der Waals surface area contributed by atoms with E-state index < -0.39 is 0 Å². The molecule has 3 aliphatic heterocycles. The van der Waals surface area contributed by atoms with Crippen LogP contribution in [0.2, 0.25) is 0 Å². The lowest BCUT2D eigenvalue weighted by atomic mass is 10.6. The highest BCUT2D eigenvalue weighted by atomic mass is 32.3. The SMILES string of the molecule is CSC1=C2SCC#CC#CCSC3=C(SC)S/C(=C(/S1)S2)S3. The number of hydrogen-bond donors (Lipinski definition) is 0. The first-order valence-corrected chi connectivity index (χ1v) is 13.7. The zero-order valence-corrected chi connectivity index (χ0v) is 18.2. The maximum Gasteiger partial charge on any atom is 0.0717 e. The summed E-state index contributed by atoms with van der Waals surface area (Å²) in [6.45, 7) is 0. The van der Waals surface area contributed by atoms with E-state index in [1.54, 1.807) is 0 Å². The molecule has 0 aliphatic carbocycles. The van der Waals surface area contributed by atoms with E-state index in [1.165, 1.54) is 25.4 Å². The molecule has 0 atom stereocenters. The highest BCUT2D eigenvalue weighted by Gasteiger charge is 2.29. The molecule has 0 fully saturated rings. The quantitative estimate of drug-likeness (QED) is 0.444. The van der Waals surface area contributed by atoms with E-state index in [4.69, 9.17) is 0 Å². The Morgan fingerprint density at radius 2 is 1.14 bits per heavy atom. The van der Waals surface area contributed by atoms with Gasteiger partial charge >= 0.3 is 0 Å². The molecule has 0 nitrogen and oxygen atoms in total. The van der Waals surface area contributed by atoms with Gasteiger partial charge in [0.15, 0.2) is 0 Å². The van der Waals surface area contributed by atoms with Crippen molar-refractivity contribution in [3.05, 3.63) is 25.4 Å². The summed E-state index contributed by atoms with van der Waals surface area (Å²) in [6, 6.07) is 0. The van der Waals surface area contributed by atoms with Crippen LogP contribution in [0.15, 0.2) is 25.4 Å². The minimum Gasteiger partial charge on any atom is -0.121 e. The third kappa shape index (κ3) is 4.40. The van der Waals surface area contributed by atoms with E-state index in [9.17, 15) is 0 Å². The second kappa shape index (κ2) is 9.01. The third-order valence-electron chi connectivity index (χ3n) is 2.40. The lowest BCUT2D eigenvalue weighted by Crippen LogP contribution is -1.75. The first-order chi connectivity index (χ1) is 10.8. The van der Waals surface area contributed by atoms with Gasteiger partial charge in [-0.25, -0.2) is 0 Å². The van der Waals surface area contributed by atoms with Crippen molar-refractivity contribution in [2.45, 2.75) is 0 Å². The van der Waals surface area contributed by atoms with Gasteiger partial charge < -0.3 is 0 Å². The molecule has 3 aliphatic rings. The van der Waals surface area contributed by atoms with Crippen LogP contribution >= 0.6 is 94.1 Å². The normalized spacial score (nSPS) is 24.6. The molecule has 0 aromatic carbocycles. The largest absolute Gasteiger partial charge is 0.121 e. The van der Waals surface area contributed by atoms with Gasteiger partial charge in [0.2, 0.25) is 0 Å². The molecule has 0 radical (unpaired) electrons. The molecule has 0 aromatic heterocycles. The van der Waals surface area contributed by atoms with Crippen molar-refractivity contribution >= 4 is 94.1 Å². The summed E-state index contributed by atoms with van der Waals surface area (Å²) in [5.41, 5.74) is 0. The molecule has 0 saturated carbocycles. The molecule has 0 amide bonds. The molecule has 114 valence electrons. The van der Waals surface area contributed by atoms with Crippen LogP contribution in [0.3, 0.4) is 0 Å². The molecule has 8 heteroatoms. The minimum atomic E-state index is 0.817. The predicted octanol–water partition coefficient (Wildman–Crippen LogP) is 6.54. The summed E-state index contributed by atoms with van der Waals surface area (Å²) >= 11 is 15.0. The second-order valence-corrected chi connectivity index (χ2v) is 13.0. The highest BCUT2D eigenvalue weighted by Crippen LogP contribution is 2.65. The zero-order chi connectivity index (χ0) is 15.4. The van der Waals surface area contributed by atoms with Crippen LogP contribution in [0.1, 0.15) is 0 Å². The van der Waals surface area contributed by atoms with Gasteiger partial charge in [-0.1, -0.05) is 58.9 Å². The van der Waals surface area contributed by atoms with Crippen LogP contribution in [-0.4, -0.2) is 24.0 Å². The fraction of sp³-hybridized carbons (Fsp3) is 0.286. The molecule has 0 unspecified atom stereocenters. The Morgan fingerprint density at radius 3 is 1.55 bits per heavy atom. The third-order valence-corrected chi connectivity index (χ3v) is 13.4. The van der Waals surface area contributed by atoms with Gasteiger partial charge in [-0.05, 0) is 24.4 Å². The molecule has 0 N–H and O–H groups in total. The van der Waals surface area contributed by atoms with Crippen molar-refractivity contribution in [1.82, 2.24) is 0 Å². The summed E-state index contributed by atoms with van der Waals surface area (Å²) in [5, 5.41) is 0.